The Bertz CT molecular complexity index is 1370. The summed E-state index contributed by atoms with van der Waals surface area (Å²) in [5.41, 5.74) is 3.94. The first kappa shape index (κ1) is 22.8. The molecule has 1 aliphatic carbocycles. The van der Waals surface area contributed by atoms with E-state index in [1.807, 2.05) is 47.9 Å². The largest absolute Gasteiger partial charge is 0.349 e. The fourth-order valence-corrected chi connectivity index (χ4v) is 4.38. The van der Waals surface area contributed by atoms with Crippen molar-refractivity contribution in [2.24, 2.45) is 0 Å². The van der Waals surface area contributed by atoms with Crippen molar-refractivity contribution in [3.05, 3.63) is 84.2 Å². The van der Waals surface area contributed by atoms with Crippen LogP contribution in [0.5, 0.6) is 0 Å². The van der Waals surface area contributed by atoms with E-state index in [0.29, 0.717) is 22.2 Å². The smallest absolute Gasteiger partial charge is 0.251 e. The monoisotopic (exact) mass is 484 g/mol. The lowest BCUT2D eigenvalue weighted by Gasteiger charge is -2.13. The van der Waals surface area contributed by atoms with E-state index < -0.39 is 0 Å². The molecule has 8 nitrogen and oxygen atoms in total. The highest BCUT2D eigenvalue weighted by atomic mass is 32.2. The Balaban J connectivity index is 1.33. The van der Waals surface area contributed by atoms with Crippen LogP contribution in [0.3, 0.4) is 0 Å². The first-order valence-electron chi connectivity index (χ1n) is 11.3. The SMILES string of the molecule is Cc1ccccc1-n1c(SCC(=O)Nc2cccc(C(=O)NC3CC3)c2)nnc1-c1cccnc1. The van der Waals surface area contributed by atoms with Crippen LogP contribution in [0.1, 0.15) is 28.8 Å². The summed E-state index contributed by atoms with van der Waals surface area (Å²) in [6.07, 6.45) is 5.50. The van der Waals surface area contributed by atoms with E-state index in [0.717, 1.165) is 29.7 Å². The van der Waals surface area contributed by atoms with Crippen LogP contribution in [0.15, 0.2) is 78.2 Å². The van der Waals surface area contributed by atoms with Gasteiger partial charge in [0, 0.05) is 35.2 Å². The van der Waals surface area contributed by atoms with Crippen LogP contribution in [-0.4, -0.2) is 43.4 Å². The maximum atomic E-state index is 12.7. The summed E-state index contributed by atoms with van der Waals surface area (Å²) in [4.78, 5) is 29.3. The van der Waals surface area contributed by atoms with E-state index in [1.165, 1.54) is 11.8 Å². The molecule has 0 saturated heterocycles. The molecule has 4 aromatic rings. The molecule has 1 aliphatic rings. The molecule has 2 aromatic heterocycles. The molecule has 0 aliphatic heterocycles. The lowest BCUT2D eigenvalue weighted by atomic mass is 10.2. The Morgan fingerprint density at radius 2 is 1.91 bits per heavy atom. The molecule has 2 amide bonds. The van der Waals surface area contributed by atoms with Gasteiger partial charge in [-0.15, -0.1) is 10.2 Å². The van der Waals surface area contributed by atoms with Crippen LogP contribution in [0.2, 0.25) is 0 Å². The number of pyridine rings is 1. The number of benzene rings is 2. The number of nitrogens with zero attached hydrogens (tertiary/aromatic N) is 4. The van der Waals surface area contributed by atoms with Gasteiger partial charge in [0.15, 0.2) is 11.0 Å². The molecule has 0 spiro atoms. The minimum Gasteiger partial charge on any atom is -0.349 e. The second kappa shape index (κ2) is 10.1. The van der Waals surface area contributed by atoms with Crippen LogP contribution in [0.25, 0.3) is 17.1 Å². The third-order valence-corrected chi connectivity index (χ3v) is 6.49. The average molecular weight is 485 g/mol. The molecule has 2 heterocycles. The lowest BCUT2D eigenvalue weighted by molar-refractivity contribution is -0.113. The summed E-state index contributed by atoms with van der Waals surface area (Å²) in [6.45, 7) is 2.02. The Labute approximate surface area is 207 Å². The molecular weight excluding hydrogens is 460 g/mol. The van der Waals surface area contributed by atoms with Crippen LogP contribution in [0.4, 0.5) is 5.69 Å². The number of para-hydroxylation sites is 1. The Kier molecular flexibility index (Phi) is 6.58. The van der Waals surface area contributed by atoms with Gasteiger partial charge in [-0.25, -0.2) is 0 Å². The van der Waals surface area contributed by atoms with Gasteiger partial charge in [-0.2, -0.15) is 0 Å². The van der Waals surface area contributed by atoms with Gasteiger partial charge in [0.1, 0.15) is 0 Å². The fraction of sp³-hybridized carbons (Fsp3) is 0.192. The van der Waals surface area contributed by atoms with Crippen LogP contribution in [0, 0.1) is 6.92 Å². The molecule has 2 N–H and O–H groups in total. The van der Waals surface area contributed by atoms with Crippen molar-refractivity contribution in [1.29, 1.82) is 0 Å². The minimum absolute atomic E-state index is 0.118. The third-order valence-electron chi connectivity index (χ3n) is 5.56. The second-order valence-electron chi connectivity index (χ2n) is 8.34. The van der Waals surface area contributed by atoms with Gasteiger partial charge in [0.05, 0.1) is 11.4 Å². The maximum absolute atomic E-state index is 12.7. The number of amides is 2. The second-order valence-corrected chi connectivity index (χ2v) is 9.28. The number of hydrogen-bond acceptors (Lipinski definition) is 6. The summed E-state index contributed by atoms with van der Waals surface area (Å²) in [5, 5.41) is 15.2. The van der Waals surface area contributed by atoms with E-state index in [4.69, 9.17) is 0 Å². The van der Waals surface area contributed by atoms with E-state index >= 15 is 0 Å². The molecular formula is C26H24N6O2S. The lowest BCUT2D eigenvalue weighted by Crippen LogP contribution is -2.25. The summed E-state index contributed by atoms with van der Waals surface area (Å²) in [6, 6.07) is 19.0. The van der Waals surface area contributed by atoms with Crippen molar-refractivity contribution in [3.63, 3.8) is 0 Å². The number of hydrogen-bond donors (Lipinski definition) is 2. The summed E-state index contributed by atoms with van der Waals surface area (Å²) >= 11 is 1.30. The van der Waals surface area contributed by atoms with Gasteiger partial charge in [-0.3, -0.25) is 19.1 Å². The van der Waals surface area contributed by atoms with Crippen LogP contribution < -0.4 is 10.6 Å². The summed E-state index contributed by atoms with van der Waals surface area (Å²) in [5.74, 6) is 0.476. The quantitative estimate of drug-likeness (QED) is 0.362. The number of nitrogens with one attached hydrogen (secondary N) is 2. The Morgan fingerprint density at radius 1 is 1.06 bits per heavy atom. The Hall–Kier alpha value is -3.98. The number of rotatable bonds is 8. The standard InChI is InChI=1S/C26H24N6O2S/c1-17-6-2-3-10-22(17)32-24(19-8-5-13-27-15-19)30-31-26(32)35-16-23(33)28-21-9-4-7-18(14-21)25(34)29-20-11-12-20/h2-10,13-15,20H,11-12,16H2,1H3,(H,28,33)(H,29,34). The topological polar surface area (TPSA) is 102 Å². The van der Waals surface area contributed by atoms with Crippen LogP contribution >= 0.6 is 11.8 Å². The van der Waals surface area contributed by atoms with Gasteiger partial charge in [0.2, 0.25) is 5.91 Å². The molecule has 35 heavy (non-hydrogen) atoms. The number of carbonyl (C=O) groups excluding carboxylic acids is 2. The minimum atomic E-state index is -0.197. The molecule has 5 rings (SSSR count). The van der Waals surface area contributed by atoms with Gasteiger partial charge in [-0.05, 0) is 61.7 Å². The maximum Gasteiger partial charge on any atom is 0.251 e. The van der Waals surface area contributed by atoms with Crippen molar-refractivity contribution in [2.45, 2.75) is 31.0 Å². The number of thioether (sulfide) groups is 1. The van der Waals surface area contributed by atoms with E-state index in [9.17, 15) is 9.59 Å². The number of aryl methyl sites for hydroxylation is 1. The van der Waals surface area contributed by atoms with Crippen molar-refractivity contribution in [1.82, 2.24) is 25.1 Å². The fourth-order valence-electron chi connectivity index (χ4n) is 3.64. The zero-order chi connectivity index (χ0) is 24.2. The molecule has 176 valence electrons. The highest BCUT2D eigenvalue weighted by Gasteiger charge is 2.24. The van der Waals surface area contributed by atoms with E-state index in [1.54, 1.807) is 36.7 Å². The van der Waals surface area contributed by atoms with Crippen molar-refractivity contribution < 1.29 is 9.59 Å². The Morgan fingerprint density at radius 3 is 2.69 bits per heavy atom. The third kappa shape index (κ3) is 5.41. The molecule has 1 saturated carbocycles. The number of aromatic nitrogens is 4. The van der Waals surface area contributed by atoms with Crippen LogP contribution in [-0.2, 0) is 4.79 Å². The number of carbonyl (C=O) groups is 2. The predicted octanol–water partition coefficient (Wildman–Crippen LogP) is 4.26. The molecule has 0 unspecified atom stereocenters. The van der Waals surface area contributed by atoms with Gasteiger partial charge in [-0.1, -0.05) is 36.0 Å². The zero-order valence-corrected chi connectivity index (χ0v) is 20.0. The zero-order valence-electron chi connectivity index (χ0n) is 19.1. The normalized spacial score (nSPS) is 12.8. The van der Waals surface area contributed by atoms with E-state index in [2.05, 4.69) is 25.8 Å². The number of anilines is 1. The van der Waals surface area contributed by atoms with Crippen molar-refractivity contribution in [3.8, 4) is 17.1 Å². The summed E-state index contributed by atoms with van der Waals surface area (Å²) < 4.78 is 1.95. The van der Waals surface area contributed by atoms with Crippen molar-refractivity contribution in [2.75, 3.05) is 11.1 Å². The van der Waals surface area contributed by atoms with E-state index in [-0.39, 0.29) is 23.6 Å². The van der Waals surface area contributed by atoms with Gasteiger partial charge < -0.3 is 10.6 Å². The first-order chi connectivity index (χ1) is 17.1. The average Bonchev–Trinajstić information content (AvgIpc) is 3.59. The molecule has 0 radical (unpaired) electrons. The summed E-state index contributed by atoms with van der Waals surface area (Å²) in [7, 11) is 0. The molecule has 0 bridgehead atoms. The van der Waals surface area contributed by atoms with Gasteiger partial charge >= 0.3 is 0 Å². The van der Waals surface area contributed by atoms with Crippen molar-refractivity contribution >= 4 is 29.3 Å². The molecule has 9 heteroatoms. The highest BCUT2D eigenvalue weighted by molar-refractivity contribution is 7.99. The molecule has 1 fully saturated rings. The van der Waals surface area contributed by atoms with Gasteiger partial charge in [0.25, 0.3) is 5.91 Å². The molecule has 0 atom stereocenters. The highest BCUT2D eigenvalue weighted by Crippen LogP contribution is 2.29. The molecule has 2 aromatic carbocycles. The predicted molar refractivity (Wildman–Crippen MR) is 136 cm³/mol. The first-order valence-corrected chi connectivity index (χ1v) is 12.3.